The van der Waals surface area contributed by atoms with E-state index in [1.807, 2.05) is 0 Å². The Morgan fingerprint density at radius 1 is 1.09 bits per heavy atom. The number of ether oxygens (including phenoxy) is 3. The molecule has 3 rings (SSSR count). The summed E-state index contributed by atoms with van der Waals surface area (Å²) in [6.07, 6.45) is 0. The van der Waals surface area contributed by atoms with Gasteiger partial charge in [0.15, 0.2) is 21.8 Å². The zero-order chi connectivity index (χ0) is 16.2. The van der Waals surface area contributed by atoms with Crippen molar-refractivity contribution in [2.24, 2.45) is 0 Å². The zero-order valence-corrected chi connectivity index (χ0v) is 14.2. The molecule has 1 aliphatic rings. The fourth-order valence-electron chi connectivity index (χ4n) is 2.40. The van der Waals surface area contributed by atoms with Crippen molar-refractivity contribution >= 4 is 34.2 Å². The van der Waals surface area contributed by atoms with Gasteiger partial charge in [0.25, 0.3) is 0 Å². The van der Waals surface area contributed by atoms with Gasteiger partial charge < -0.3 is 14.2 Å². The minimum atomic E-state index is 0.169. The fourth-order valence-corrected chi connectivity index (χ4v) is 2.67. The first-order valence-corrected chi connectivity index (χ1v) is 8.06. The molecule has 1 aromatic carbocycles. The Kier molecular flexibility index (Phi) is 5.38. The summed E-state index contributed by atoms with van der Waals surface area (Å²) in [5, 5.41) is 0.339. The number of hydrogen-bond acceptors (Lipinski definition) is 6. The molecule has 124 valence electrons. The van der Waals surface area contributed by atoms with Crippen molar-refractivity contribution in [3.05, 3.63) is 22.4 Å². The summed E-state index contributed by atoms with van der Waals surface area (Å²) in [4.78, 5) is 10.7. The lowest BCUT2D eigenvalue weighted by Crippen LogP contribution is -2.38. The van der Waals surface area contributed by atoms with Gasteiger partial charge in [-0.15, -0.1) is 0 Å². The summed E-state index contributed by atoms with van der Waals surface area (Å²) in [7, 11) is 1.58. The normalized spacial score (nSPS) is 15.8. The van der Waals surface area contributed by atoms with Gasteiger partial charge in [-0.05, 0) is 0 Å². The van der Waals surface area contributed by atoms with E-state index in [-0.39, 0.29) is 10.3 Å². The molecule has 1 saturated heterocycles. The van der Waals surface area contributed by atoms with Crippen LogP contribution >= 0.6 is 23.2 Å². The Labute approximate surface area is 144 Å². The van der Waals surface area contributed by atoms with Crippen molar-refractivity contribution in [3.63, 3.8) is 0 Å². The Morgan fingerprint density at radius 2 is 1.70 bits per heavy atom. The van der Waals surface area contributed by atoms with Crippen molar-refractivity contribution in [2.45, 2.75) is 0 Å². The molecule has 0 saturated carbocycles. The molecular weight excluding hydrogens is 341 g/mol. The van der Waals surface area contributed by atoms with Gasteiger partial charge in [0, 0.05) is 31.8 Å². The highest BCUT2D eigenvalue weighted by atomic mass is 35.5. The third kappa shape index (κ3) is 3.95. The fraction of sp³-hybridized carbons (Fsp3) is 0.467. The Bertz CT molecular complexity index is 693. The first-order valence-electron chi connectivity index (χ1n) is 7.31. The van der Waals surface area contributed by atoms with Crippen molar-refractivity contribution in [1.82, 2.24) is 14.9 Å². The van der Waals surface area contributed by atoms with E-state index < -0.39 is 0 Å². The van der Waals surface area contributed by atoms with Gasteiger partial charge in [-0.1, -0.05) is 23.2 Å². The molecule has 0 amide bonds. The van der Waals surface area contributed by atoms with Crippen molar-refractivity contribution in [2.75, 3.05) is 46.6 Å². The highest BCUT2D eigenvalue weighted by Crippen LogP contribution is 2.32. The van der Waals surface area contributed by atoms with Gasteiger partial charge in [0.1, 0.15) is 6.61 Å². The monoisotopic (exact) mass is 357 g/mol. The molecule has 1 aliphatic heterocycles. The summed E-state index contributed by atoms with van der Waals surface area (Å²) in [5.74, 6) is 1.20. The Morgan fingerprint density at radius 3 is 2.30 bits per heavy atom. The maximum absolute atomic E-state index is 5.92. The molecule has 6 nitrogen and oxygen atoms in total. The lowest BCUT2D eigenvalue weighted by atomic mass is 10.2. The number of aromatic nitrogens is 2. The molecule has 1 fully saturated rings. The average Bonchev–Trinajstić information content (AvgIpc) is 2.56. The van der Waals surface area contributed by atoms with E-state index in [0.29, 0.717) is 29.1 Å². The van der Waals surface area contributed by atoms with E-state index in [1.54, 1.807) is 19.2 Å². The van der Waals surface area contributed by atoms with Crippen LogP contribution in [0, 0.1) is 0 Å². The number of methoxy groups -OCH3 is 1. The van der Waals surface area contributed by atoms with E-state index in [1.165, 1.54) is 0 Å². The maximum atomic E-state index is 5.92. The topological polar surface area (TPSA) is 56.7 Å². The zero-order valence-electron chi connectivity index (χ0n) is 12.7. The number of halogens is 2. The van der Waals surface area contributed by atoms with E-state index >= 15 is 0 Å². The number of nitrogens with zero attached hydrogens (tertiary/aromatic N) is 3. The predicted octanol–water partition coefficient (Wildman–Crippen LogP) is 2.66. The summed E-state index contributed by atoms with van der Waals surface area (Å²) in [5.41, 5.74) is 1.22. The van der Waals surface area contributed by atoms with Crippen LogP contribution in [0.1, 0.15) is 0 Å². The molecule has 23 heavy (non-hydrogen) atoms. The third-order valence-corrected chi connectivity index (χ3v) is 4.26. The number of fused-ring (bicyclic) bond motifs is 1. The van der Waals surface area contributed by atoms with Crippen LogP contribution in [0.2, 0.25) is 10.3 Å². The lowest BCUT2D eigenvalue weighted by molar-refractivity contribution is 0.0321. The second-order valence-corrected chi connectivity index (χ2v) is 5.82. The summed E-state index contributed by atoms with van der Waals surface area (Å²) >= 11 is 11.8. The molecule has 0 spiro atoms. The molecule has 0 atom stereocenters. The first-order chi connectivity index (χ1) is 11.2. The number of benzene rings is 1. The summed E-state index contributed by atoms with van der Waals surface area (Å²) in [6, 6.07) is 3.51. The van der Waals surface area contributed by atoms with E-state index in [2.05, 4.69) is 14.9 Å². The largest absolute Gasteiger partial charge is 0.493 e. The Balaban J connectivity index is 1.74. The van der Waals surface area contributed by atoms with Gasteiger partial charge in [0.2, 0.25) is 0 Å². The van der Waals surface area contributed by atoms with Gasteiger partial charge in [-0.25, -0.2) is 9.97 Å². The van der Waals surface area contributed by atoms with Crippen LogP contribution in [0.5, 0.6) is 11.5 Å². The van der Waals surface area contributed by atoms with Crippen molar-refractivity contribution in [1.29, 1.82) is 0 Å². The molecule has 0 aliphatic carbocycles. The second kappa shape index (κ2) is 7.49. The van der Waals surface area contributed by atoms with Crippen LogP contribution in [0.4, 0.5) is 0 Å². The van der Waals surface area contributed by atoms with E-state index in [0.717, 1.165) is 32.8 Å². The molecule has 2 aromatic rings. The van der Waals surface area contributed by atoms with Crippen LogP contribution in [-0.4, -0.2) is 61.4 Å². The number of morpholine rings is 1. The highest BCUT2D eigenvalue weighted by Gasteiger charge is 2.13. The molecule has 0 unspecified atom stereocenters. The maximum Gasteiger partial charge on any atom is 0.167 e. The molecule has 1 aromatic heterocycles. The van der Waals surface area contributed by atoms with Gasteiger partial charge in [-0.2, -0.15) is 0 Å². The van der Waals surface area contributed by atoms with Crippen LogP contribution in [0.3, 0.4) is 0 Å². The lowest BCUT2D eigenvalue weighted by Gasteiger charge is -2.26. The molecule has 0 N–H and O–H groups in total. The van der Waals surface area contributed by atoms with Crippen molar-refractivity contribution < 1.29 is 14.2 Å². The van der Waals surface area contributed by atoms with Crippen LogP contribution in [-0.2, 0) is 4.74 Å². The minimum Gasteiger partial charge on any atom is -0.493 e. The number of rotatable bonds is 5. The average molecular weight is 358 g/mol. The van der Waals surface area contributed by atoms with Gasteiger partial charge in [0.05, 0.1) is 31.4 Å². The summed E-state index contributed by atoms with van der Waals surface area (Å²) < 4.78 is 16.6. The third-order valence-electron chi connectivity index (χ3n) is 3.64. The molecule has 0 bridgehead atoms. The van der Waals surface area contributed by atoms with E-state index in [4.69, 9.17) is 37.4 Å². The van der Waals surface area contributed by atoms with Crippen LogP contribution < -0.4 is 9.47 Å². The SMILES string of the molecule is COc1cc2nc(Cl)c(Cl)nc2cc1OCCN1CCOCC1. The van der Waals surface area contributed by atoms with Crippen LogP contribution in [0.25, 0.3) is 11.0 Å². The van der Waals surface area contributed by atoms with Crippen molar-refractivity contribution in [3.8, 4) is 11.5 Å². The Hall–Kier alpha value is -1.34. The highest BCUT2D eigenvalue weighted by molar-refractivity contribution is 6.40. The van der Waals surface area contributed by atoms with E-state index in [9.17, 15) is 0 Å². The standard InChI is InChI=1S/C15H17Cl2N3O3/c1-21-12-8-10-11(19-15(17)14(16)18-10)9-13(12)23-7-4-20-2-5-22-6-3-20/h8-9H,2-7H2,1H3. The first kappa shape index (κ1) is 16.5. The van der Waals surface area contributed by atoms with Crippen LogP contribution in [0.15, 0.2) is 12.1 Å². The molecule has 8 heteroatoms. The number of hydrogen-bond donors (Lipinski definition) is 0. The molecule has 0 radical (unpaired) electrons. The molecule has 2 heterocycles. The minimum absolute atomic E-state index is 0.169. The summed E-state index contributed by atoms with van der Waals surface area (Å²) in [6.45, 7) is 4.78. The smallest absolute Gasteiger partial charge is 0.167 e. The van der Waals surface area contributed by atoms with Gasteiger partial charge in [-0.3, -0.25) is 4.90 Å². The second-order valence-electron chi connectivity index (χ2n) is 5.10. The quantitative estimate of drug-likeness (QED) is 0.819. The molecular formula is C15H17Cl2N3O3. The predicted molar refractivity (Wildman–Crippen MR) is 88.9 cm³/mol. The van der Waals surface area contributed by atoms with Gasteiger partial charge >= 0.3 is 0 Å².